The first kappa shape index (κ1) is 19.8. The van der Waals surface area contributed by atoms with Crippen LogP contribution in [0.4, 0.5) is 5.69 Å². The second-order valence-electron chi connectivity index (χ2n) is 9.82. The van der Waals surface area contributed by atoms with E-state index in [4.69, 9.17) is 23.2 Å². The fourth-order valence-electron chi connectivity index (χ4n) is 6.76. The lowest BCUT2D eigenvalue weighted by Crippen LogP contribution is -2.44. The highest BCUT2D eigenvalue weighted by Crippen LogP contribution is 2.65. The standard InChI is InChI=1S/C24H24Cl2N2O3/c25-12-3-8-19(18(26)9-12)27-22(29)11-1-4-13(5-2-11)28-23(30)20-14-6-7-15(17-10-16(14)17)21(20)24(28)31/h3,6-9,11,13-17,20-21H,1-2,4-5,10H2,(H,27,29)/t11?,13?,14-,15-,16-,17-,20+,21+/m1/s1. The van der Waals surface area contributed by atoms with Crippen LogP contribution in [-0.4, -0.2) is 28.7 Å². The Labute approximate surface area is 191 Å². The van der Waals surface area contributed by atoms with Gasteiger partial charge in [-0.15, -0.1) is 0 Å². The molecule has 6 atom stereocenters. The maximum Gasteiger partial charge on any atom is 0.233 e. The van der Waals surface area contributed by atoms with Crippen LogP contribution in [-0.2, 0) is 14.4 Å². The molecule has 1 saturated heterocycles. The maximum atomic E-state index is 13.3. The Morgan fingerprint density at radius 2 is 1.55 bits per heavy atom. The molecule has 5 aliphatic carbocycles. The van der Waals surface area contributed by atoms with Gasteiger partial charge in [0.25, 0.3) is 0 Å². The smallest absolute Gasteiger partial charge is 0.233 e. The van der Waals surface area contributed by atoms with Crippen molar-refractivity contribution in [1.82, 2.24) is 4.90 Å². The average Bonchev–Trinajstić information content (AvgIpc) is 3.54. The van der Waals surface area contributed by atoms with Crippen LogP contribution in [0.1, 0.15) is 32.1 Å². The molecule has 2 bridgehead atoms. The summed E-state index contributed by atoms with van der Waals surface area (Å²) < 4.78 is 0. The van der Waals surface area contributed by atoms with Crippen LogP contribution in [0, 0.1) is 41.4 Å². The van der Waals surface area contributed by atoms with E-state index in [0.29, 0.717) is 53.3 Å². The van der Waals surface area contributed by atoms with E-state index >= 15 is 0 Å². The Morgan fingerprint density at radius 3 is 2.13 bits per heavy atom. The van der Waals surface area contributed by atoms with Gasteiger partial charge in [-0.05, 0) is 74.0 Å². The Morgan fingerprint density at radius 1 is 0.935 bits per heavy atom. The first-order valence-electron chi connectivity index (χ1n) is 11.2. The van der Waals surface area contributed by atoms with E-state index in [-0.39, 0.29) is 53.4 Å². The monoisotopic (exact) mass is 458 g/mol. The minimum Gasteiger partial charge on any atom is -0.325 e. The summed E-state index contributed by atoms with van der Waals surface area (Å²) in [5.74, 6) is 1.33. The van der Waals surface area contributed by atoms with Gasteiger partial charge >= 0.3 is 0 Å². The highest BCUT2D eigenvalue weighted by atomic mass is 35.5. The second kappa shape index (κ2) is 7.08. The summed E-state index contributed by atoms with van der Waals surface area (Å²) in [7, 11) is 0. The van der Waals surface area contributed by atoms with Crippen molar-refractivity contribution in [2.75, 3.05) is 5.32 Å². The average molecular weight is 459 g/mol. The molecule has 1 aromatic rings. The zero-order valence-electron chi connectivity index (χ0n) is 17.0. The van der Waals surface area contributed by atoms with Gasteiger partial charge < -0.3 is 5.32 Å². The molecule has 5 nitrogen and oxygen atoms in total. The molecule has 1 aromatic carbocycles. The highest BCUT2D eigenvalue weighted by Gasteiger charge is 2.67. The van der Waals surface area contributed by atoms with Gasteiger partial charge in [-0.3, -0.25) is 19.3 Å². The number of anilines is 1. The normalized spacial score (nSPS) is 40.0. The van der Waals surface area contributed by atoms with Crippen LogP contribution >= 0.6 is 23.2 Å². The van der Waals surface area contributed by atoms with E-state index in [9.17, 15) is 14.4 Å². The molecular formula is C24H24Cl2N2O3. The van der Waals surface area contributed by atoms with Crippen molar-refractivity contribution < 1.29 is 14.4 Å². The third-order valence-corrected chi connectivity index (χ3v) is 8.87. The summed E-state index contributed by atoms with van der Waals surface area (Å²) >= 11 is 12.1. The molecule has 0 spiro atoms. The predicted molar refractivity (Wildman–Crippen MR) is 117 cm³/mol. The lowest BCUT2D eigenvalue weighted by Gasteiger charge is -2.37. The molecule has 6 aliphatic rings. The van der Waals surface area contributed by atoms with Gasteiger partial charge in [0.2, 0.25) is 17.7 Å². The van der Waals surface area contributed by atoms with Crippen LogP contribution < -0.4 is 5.32 Å². The molecule has 1 heterocycles. The van der Waals surface area contributed by atoms with E-state index in [0.717, 1.165) is 0 Å². The highest BCUT2D eigenvalue weighted by molar-refractivity contribution is 6.36. The summed E-state index contributed by atoms with van der Waals surface area (Å²) in [4.78, 5) is 40.9. The molecule has 0 aromatic heterocycles. The van der Waals surface area contributed by atoms with Gasteiger partial charge in [0, 0.05) is 17.0 Å². The maximum absolute atomic E-state index is 13.3. The number of carbonyl (C=O) groups is 3. The van der Waals surface area contributed by atoms with Crippen LogP contribution in [0.15, 0.2) is 30.4 Å². The molecule has 7 heteroatoms. The van der Waals surface area contributed by atoms with Gasteiger partial charge in [-0.2, -0.15) is 0 Å². The molecule has 31 heavy (non-hydrogen) atoms. The minimum absolute atomic E-state index is 0.0422. The molecule has 7 rings (SSSR count). The molecular weight excluding hydrogens is 435 g/mol. The van der Waals surface area contributed by atoms with E-state index in [1.54, 1.807) is 23.1 Å². The van der Waals surface area contributed by atoms with E-state index in [1.807, 2.05) is 0 Å². The quantitative estimate of drug-likeness (QED) is 0.533. The number of halogens is 2. The number of likely N-dealkylation sites (tertiary alicyclic amines) is 1. The van der Waals surface area contributed by atoms with Crippen LogP contribution in [0.25, 0.3) is 0 Å². The van der Waals surface area contributed by atoms with Crippen molar-refractivity contribution in [3.05, 3.63) is 40.4 Å². The summed E-state index contributed by atoms with van der Waals surface area (Å²) in [6.45, 7) is 0. The fourth-order valence-corrected chi connectivity index (χ4v) is 7.22. The third kappa shape index (κ3) is 3.00. The first-order valence-corrected chi connectivity index (χ1v) is 12.0. The van der Waals surface area contributed by atoms with Gasteiger partial charge in [-0.25, -0.2) is 0 Å². The number of carbonyl (C=O) groups excluding carboxylic acids is 3. The summed E-state index contributed by atoms with van der Waals surface area (Å²) in [6.07, 6.45) is 8.26. The molecule has 3 amide bonds. The summed E-state index contributed by atoms with van der Waals surface area (Å²) in [5.41, 5.74) is 0.550. The lowest BCUT2D eigenvalue weighted by atomic mass is 9.63. The topological polar surface area (TPSA) is 66.5 Å². The number of nitrogens with zero attached hydrogens (tertiary/aromatic N) is 1. The van der Waals surface area contributed by atoms with Crippen LogP contribution in [0.3, 0.4) is 0 Å². The van der Waals surface area contributed by atoms with E-state index < -0.39 is 0 Å². The molecule has 0 radical (unpaired) electrons. The Hall–Kier alpha value is -1.85. The largest absolute Gasteiger partial charge is 0.325 e. The number of nitrogens with one attached hydrogen (secondary N) is 1. The Kier molecular flexibility index (Phi) is 4.52. The van der Waals surface area contributed by atoms with Gasteiger partial charge in [-0.1, -0.05) is 35.4 Å². The number of hydrogen-bond acceptors (Lipinski definition) is 3. The summed E-state index contributed by atoms with van der Waals surface area (Å²) in [6, 6.07) is 4.91. The summed E-state index contributed by atoms with van der Waals surface area (Å²) in [5, 5.41) is 3.82. The first-order chi connectivity index (χ1) is 14.9. The van der Waals surface area contributed by atoms with Crippen molar-refractivity contribution in [3.8, 4) is 0 Å². The SMILES string of the molecule is O=C(Nc1ccc(Cl)cc1Cl)C1CCC(N2C(=O)[C@H]3[C@@H]4C=C[C@H]([C@H]5C[C@H]45)[C@@H]3C2=O)CC1. The fraction of sp³-hybridized carbons (Fsp3) is 0.542. The van der Waals surface area contributed by atoms with Crippen molar-refractivity contribution >= 4 is 46.6 Å². The van der Waals surface area contributed by atoms with E-state index in [2.05, 4.69) is 17.5 Å². The van der Waals surface area contributed by atoms with Crippen molar-refractivity contribution in [1.29, 1.82) is 0 Å². The van der Waals surface area contributed by atoms with Gasteiger partial charge in [0.05, 0.1) is 22.5 Å². The van der Waals surface area contributed by atoms with Crippen molar-refractivity contribution in [2.45, 2.75) is 38.1 Å². The molecule has 1 aliphatic heterocycles. The number of rotatable bonds is 3. The second-order valence-corrected chi connectivity index (χ2v) is 10.7. The zero-order chi connectivity index (χ0) is 21.4. The van der Waals surface area contributed by atoms with Gasteiger partial charge in [0.1, 0.15) is 0 Å². The Bertz CT molecular complexity index is 980. The third-order valence-electron chi connectivity index (χ3n) is 8.32. The minimum atomic E-state index is -0.149. The van der Waals surface area contributed by atoms with Crippen LogP contribution in [0.5, 0.6) is 0 Å². The molecule has 0 unspecified atom stereocenters. The van der Waals surface area contributed by atoms with Crippen LogP contribution in [0.2, 0.25) is 10.0 Å². The zero-order valence-corrected chi connectivity index (χ0v) is 18.5. The number of amides is 3. The molecule has 4 fully saturated rings. The van der Waals surface area contributed by atoms with Crippen molar-refractivity contribution in [3.63, 3.8) is 0 Å². The van der Waals surface area contributed by atoms with Crippen molar-refractivity contribution in [2.24, 2.45) is 41.4 Å². The number of allylic oxidation sites excluding steroid dienone is 2. The number of imide groups is 1. The lowest BCUT2D eigenvalue weighted by molar-refractivity contribution is -0.144. The molecule has 3 saturated carbocycles. The Balaban J connectivity index is 1.11. The van der Waals surface area contributed by atoms with E-state index in [1.165, 1.54) is 6.42 Å². The number of hydrogen-bond donors (Lipinski definition) is 1. The van der Waals surface area contributed by atoms with Gasteiger partial charge in [0.15, 0.2) is 0 Å². The number of benzene rings is 1. The molecule has 162 valence electrons. The molecule has 1 N–H and O–H groups in total. The predicted octanol–water partition coefficient (Wildman–Crippen LogP) is 4.54.